The van der Waals surface area contributed by atoms with Crippen LogP contribution >= 0.6 is 0 Å². The summed E-state index contributed by atoms with van der Waals surface area (Å²) in [5.41, 5.74) is 8.23. The highest BCUT2D eigenvalue weighted by Crippen LogP contribution is 2.40. The molecule has 0 spiro atoms. The van der Waals surface area contributed by atoms with Crippen molar-refractivity contribution < 1.29 is 17.9 Å². The number of hydrogen-bond donors (Lipinski definition) is 0. The maximum Gasteiger partial charge on any atom is 0.268 e. The number of imidazole rings is 1. The second-order valence-corrected chi connectivity index (χ2v) is 30.0. The fourth-order valence-corrected chi connectivity index (χ4v) is 9.81. The molecule has 6 aromatic rings. The van der Waals surface area contributed by atoms with Gasteiger partial charge in [0.2, 0.25) is 0 Å². The van der Waals surface area contributed by atoms with Gasteiger partial charge in [0, 0.05) is 59.1 Å². The number of nitrogens with zero attached hydrogens (tertiary/aromatic N) is 6. The molecule has 0 bridgehead atoms. The molecular weight excluding hydrogens is 741 g/mol. The maximum absolute atomic E-state index is 14.6. The summed E-state index contributed by atoms with van der Waals surface area (Å²) in [6.07, 6.45) is 4.64. The van der Waals surface area contributed by atoms with Crippen molar-refractivity contribution in [3.63, 3.8) is 0 Å². The van der Waals surface area contributed by atoms with Gasteiger partial charge in [-0.25, -0.2) is 22.1 Å². The maximum atomic E-state index is 14.6. The molecule has 3 aromatic heterocycles. The molecule has 3 aromatic carbocycles. The second kappa shape index (κ2) is 16.0. The lowest BCUT2D eigenvalue weighted by Gasteiger charge is -2.18. The number of aryl methyl sites for hydroxylation is 3. The van der Waals surface area contributed by atoms with Crippen LogP contribution in [0.25, 0.3) is 33.2 Å². The van der Waals surface area contributed by atoms with Crippen LogP contribution in [0.15, 0.2) is 71.9 Å². The molecule has 0 aliphatic rings. The highest BCUT2D eigenvalue weighted by molar-refractivity contribution is 7.90. The standard InChI is InChI=1S/C42H54N6O4SSi2/c1-10-33-23-31(3)42-41(35(33)25-40-45-37-16-13-32(26-43)24-39(37)46(40)28-51-19-21-54(4,5)6)36(27-48(42)53(49,50)34-14-11-30(2)12-15-34)38-17-18-44-47(38)29-52-20-22-55(7,8)9/h11-18,23-24,27H,10,19-22,25,28-29H2,1-9H3. The molecule has 0 aliphatic heterocycles. The molecule has 0 saturated carbocycles. The molecule has 13 heteroatoms. The highest BCUT2D eigenvalue weighted by atomic mass is 32.2. The van der Waals surface area contributed by atoms with Crippen LogP contribution in [0.4, 0.5) is 0 Å². The summed E-state index contributed by atoms with van der Waals surface area (Å²) in [7, 11) is -6.64. The third kappa shape index (κ3) is 8.89. The lowest BCUT2D eigenvalue weighted by molar-refractivity contribution is 0.0798. The average molecular weight is 795 g/mol. The smallest absolute Gasteiger partial charge is 0.268 e. The lowest BCUT2D eigenvalue weighted by atomic mass is 9.92. The molecule has 0 atom stereocenters. The Balaban J connectivity index is 1.56. The molecule has 55 heavy (non-hydrogen) atoms. The highest BCUT2D eigenvalue weighted by Gasteiger charge is 2.28. The van der Waals surface area contributed by atoms with E-state index >= 15 is 0 Å². The zero-order chi connectivity index (χ0) is 39.7. The fraction of sp³-hybridized carbons (Fsp3) is 0.405. The summed E-state index contributed by atoms with van der Waals surface area (Å²) in [5.74, 6) is 0.779. The van der Waals surface area contributed by atoms with E-state index in [2.05, 4.69) is 68.0 Å². The van der Waals surface area contributed by atoms with E-state index in [0.29, 0.717) is 37.4 Å². The molecule has 0 N–H and O–H groups in total. The minimum absolute atomic E-state index is 0.218. The summed E-state index contributed by atoms with van der Waals surface area (Å²) in [4.78, 5) is 5.35. The fourth-order valence-electron chi connectivity index (χ4n) is 6.87. The lowest BCUT2D eigenvalue weighted by Crippen LogP contribution is -2.22. The molecule has 0 saturated heterocycles. The van der Waals surface area contributed by atoms with E-state index in [1.807, 2.05) is 48.9 Å². The second-order valence-electron chi connectivity index (χ2n) is 16.9. The van der Waals surface area contributed by atoms with Crippen LogP contribution in [0.3, 0.4) is 0 Å². The van der Waals surface area contributed by atoms with Crippen molar-refractivity contribution in [2.45, 2.75) is 103 Å². The first kappa shape index (κ1) is 40.3. The Morgan fingerprint density at radius 3 is 2.18 bits per heavy atom. The molecule has 0 aliphatic carbocycles. The predicted octanol–water partition coefficient (Wildman–Crippen LogP) is 9.36. The first-order chi connectivity index (χ1) is 26.0. The van der Waals surface area contributed by atoms with E-state index in [0.717, 1.165) is 74.3 Å². The van der Waals surface area contributed by atoms with Crippen LogP contribution in [-0.4, -0.2) is 61.1 Å². The van der Waals surface area contributed by atoms with Gasteiger partial charge in [0.15, 0.2) is 0 Å². The summed E-state index contributed by atoms with van der Waals surface area (Å²) in [5, 5.41) is 15.3. The summed E-state index contributed by atoms with van der Waals surface area (Å²) in [6, 6.07) is 20.9. The Labute approximate surface area is 327 Å². The molecule has 6 rings (SSSR count). The number of ether oxygens (including phenoxy) is 2. The van der Waals surface area contributed by atoms with Crippen LogP contribution in [0, 0.1) is 25.2 Å². The van der Waals surface area contributed by atoms with Crippen molar-refractivity contribution in [2.75, 3.05) is 13.2 Å². The topological polar surface area (TPSA) is 117 Å². The van der Waals surface area contributed by atoms with Gasteiger partial charge in [-0.05, 0) is 85.4 Å². The molecule has 0 unspecified atom stereocenters. The number of rotatable bonds is 16. The first-order valence-electron chi connectivity index (χ1n) is 19.1. The van der Waals surface area contributed by atoms with E-state index in [9.17, 15) is 13.7 Å². The monoisotopic (exact) mass is 794 g/mol. The van der Waals surface area contributed by atoms with Crippen LogP contribution < -0.4 is 0 Å². The Kier molecular flexibility index (Phi) is 11.8. The van der Waals surface area contributed by atoms with Gasteiger partial charge >= 0.3 is 0 Å². The van der Waals surface area contributed by atoms with Gasteiger partial charge in [0.25, 0.3) is 10.0 Å². The van der Waals surface area contributed by atoms with Gasteiger partial charge in [-0.15, -0.1) is 0 Å². The number of hydrogen-bond acceptors (Lipinski definition) is 7. The zero-order valence-corrected chi connectivity index (χ0v) is 36.5. The molecule has 290 valence electrons. The van der Waals surface area contributed by atoms with Crippen molar-refractivity contribution in [3.8, 4) is 17.3 Å². The van der Waals surface area contributed by atoms with Gasteiger partial charge in [0.1, 0.15) is 19.3 Å². The third-order valence-corrected chi connectivity index (χ3v) is 15.2. The van der Waals surface area contributed by atoms with Crippen LogP contribution in [-0.2, 0) is 45.8 Å². The van der Waals surface area contributed by atoms with Crippen molar-refractivity contribution in [1.82, 2.24) is 23.3 Å². The van der Waals surface area contributed by atoms with Gasteiger partial charge in [-0.2, -0.15) is 10.4 Å². The molecular formula is C42H54N6O4SSi2. The summed E-state index contributed by atoms with van der Waals surface area (Å²) >= 11 is 0. The predicted molar refractivity (Wildman–Crippen MR) is 227 cm³/mol. The quantitative estimate of drug-likeness (QED) is 0.0708. The van der Waals surface area contributed by atoms with Gasteiger partial charge in [-0.1, -0.05) is 70.0 Å². The van der Waals surface area contributed by atoms with Gasteiger partial charge in [-0.3, -0.25) is 0 Å². The molecule has 0 radical (unpaired) electrons. The zero-order valence-electron chi connectivity index (χ0n) is 33.7. The molecule has 0 fully saturated rings. The van der Waals surface area contributed by atoms with E-state index in [1.54, 1.807) is 30.6 Å². The molecule has 3 heterocycles. The third-order valence-electron chi connectivity index (χ3n) is 10.1. The number of aromatic nitrogens is 5. The normalized spacial score (nSPS) is 12.6. The van der Waals surface area contributed by atoms with Crippen LogP contribution in [0.5, 0.6) is 0 Å². The average Bonchev–Trinajstić information content (AvgIpc) is 3.84. The Hall–Kier alpha value is -4.33. The van der Waals surface area contributed by atoms with E-state index in [-0.39, 0.29) is 11.6 Å². The van der Waals surface area contributed by atoms with Crippen molar-refractivity contribution in [3.05, 3.63) is 101 Å². The van der Waals surface area contributed by atoms with E-state index in [1.165, 1.54) is 3.97 Å². The first-order valence-corrected chi connectivity index (χ1v) is 27.9. The number of nitriles is 1. The van der Waals surface area contributed by atoms with Crippen molar-refractivity contribution >= 4 is 48.1 Å². The van der Waals surface area contributed by atoms with E-state index in [4.69, 9.17) is 14.5 Å². The van der Waals surface area contributed by atoms with Gasteiger partial charge in [0.05, 0.1) is 38.8 Å². The van der Waals surface area contributed by atoms with E-state index < -0.39 is 26.2 Å². The SMILES string of the molecule is CCc1cc(C)c2c(c(-c3ccnn3COCC[Si](C)(C)C)cn2S(=O)(=O)c2ccc(C)cc2)c1Cc1nc2ccc(C#N)cc2n1COCC[Si](C)(C)C. The largest absolute Gasteiger partial charge is 0.361 e. The minimum Gasteiger partial charge on any atom is -0.361 e. The molecule has 10 nitrogen and oxygen atoms in total. The summed E-state index contributed by atoms with van der Waals surface area (Å²) in [6.45, 7) is 21.8. The minimum atomic E-state index is -4.01. The Morgan fingerprint density at radius 1 is 0.873 bits per heavy atom. The van der Waals surface area contributed by atoms with Crippen molar-refractivity contribution in [2.24, 2.45) is 0 Å². The number of benzene rings is 3. The van der Waals surface area contributed by atoms with Gasteiger partial charge < -0.3 is 14.0 Å². The Bertz CT molecular complexity index is 2480. The molecule has 0 amide bonds. The van der Waals surface area contributed by atoms with Crippen LogP contribution in [0.2, 0.25) is 51.4 Å². The van der Waals surface area contributed by atoms with Crippen molar-refractivity contribution in [1.29, 1.82) is 5.26 Å². The number of fused-ring (bicyclic) bond motifs is 2. The Morgan fingerprint density at radius 2 is 1.55 bits per heavy atom. The van der Waals surface area contributed by atoms with Crippen LogP contribution in [0.1, 0.15) is 40.6 Å². The summed E-state index contributed by atoms with van der Waals surface area (Å²) < 4.78 is 47.1.